The zero-order valence-corrected chi connectivity index (χ0v) is 25.8. The van der Waals surface area contributed by atoms with Crippen molar-refractivity contribution in [3.63, 3.8) is 0 Å². The van der Waals surface area contributed by atoms with Gasteiger partial charge in [-0.25, -0.2) is 14.6 Å². The lowest BCUT2D eigenvalue weighted by Gasteiger charge is -2.23. The van der Waals surface area contributed by atoms with Crippen LogP contribution < -0.4 is 10.6 Å². The summed E-state index contributed by atoms with van der Waals surface area (Å²) in [4.78, 5) is 51.5. The Balaban J connectivity index is 0.000000360. The van der Waals surface area contributed by atoms with Gasteiger partial charge in [0.1, 0.15) is 0 Å². The predicted octanol–water partition coefficient (Wildman–Crippen LogP) is 1.98. The molecular formula is C31H40N6O8. The molecule has 0 aliphatic carbocycles. The Morgan fingerprint density at radius 3 is 1.98 bits per heavy atom. The minimum atomic E-state index is -2.74. The normalized spacial score (nSPS) is 11.3. The van der Waals surface area contributed by atoms with E-state index >= 15 is 0 Å². The first-order chi connectivity index (χ1) is 21.2. The highest BCUT2D eigenvalue weighted by Gasteiger charge is 2.40. The number of carboxylic acid groups (broad SMARTS) is 3. The maximum absolute atomic E-state index is 12.3. The van der Waals surface area contributed by atoms with Gasteiger partial charge in [0, 0.05) is 72.5 Å². The number of carboxylic acids is 3. The molecule has 2 aromatic carbocycles. The second-order valence-electron chi connectivity index (χ2n) is 11.1. The van der Waals surface area contributed by atoms with Gasteiger partial charge >= 0.3 is 23.6 Å². The lowest BCUT2D eigenvalue weighted by Crippen LogP contribution is -2.42. The van der Waals surface area contributed by atoms with Crippen molar-refractivity contribution >= 4 is 34.6 Å². The molecule has 242 valence electrons. The van der Waals surface area contributed by atoms with E-state index in [9.17, 15) is 19.2 Å². The summed E-state index contributed by atoms with van der Waals surface area (Å²) in [6, 6.07) is 15.1. The highest BCUT2D eigenvalue weighted by Crippen LogP contribution is 2.19. The predicted molar refractivity (Wildman–Crippen MR) is 167 cm³/mol. The number of hydrogen-bond donors (Lipinski definition) is 4. The summed E-state index contributed by atoms with van der Waals surface area (Å²) in [5.74, 6) is -5.02. The van der Waals surface area contributed by atoms with Crippen molar-refractivity contribution in [1.82, 2.24) is 23.6 Å². The lowest BCUT2D eigenvalue weighted by atomic mass is 9.96. The number of rotatable bonds is 14. The third-order valence-corrected chi connectivity index (χ3v) is 7.34. The summed E-state index contributed by atoms with van der Waals surface area (Å²) in [5.41, 5.74) is 2.93. The molecule has 0 saturated carbocycles. The van der Waals surface area contributed by atoms with Crippen molar-refractivity contribution in [3.8, 4) is 0 Å². The van der Waals surface area contributed by atoms with Crippen LogP contribution in [0.5, 0.6) is 0 Å². The van der Waals surface area contributed by atoms with Gasteiger partial charge < -0.3 is 29.9 Å². The molecule has 0 saturated heterocycles. The number of aryl methyl sites for hydroxylation is 3. The van der Waals surface area contributed by atoms with E-state index in [1.54, 1.807) is 9.13 Å². The van der Waals surface area contributed by atoms with Crippen molar-refractivity contribution in [3.05, 3.63) is 82.8 Å². The number of aromatic nitrogens is 4. The molecule has 4 aromatic rings. The molecule has 4 rings (SSSR count). The summed E-state index contributed by atoms with van der Waals surface area (Å²) in [6.07, 6.45) is 4.45. The van der Waals surface area contributed by atoms with Crippen LogP contribution in [0.1, 0.15) is 30.4 Å². The first-order valence-electron chi connectivity index (χ1n) is 14.2. The number of aliphatic carboxylic acids is 3. The highest BCUT2D eigenvalue weighted by molar-refractivity contribution is 5.88. The molecule has 14 heteroatoms. The third-order valence-electron chi connectivity index (χ3n) is 7.34. The molecule has 0 aliphatic rings. The molecule has 0 spiro atoms. The summed E-state index contributed by atoms with van der Waals surface area (Å²) in [5, 5.41) is 33.8. The topological polar surface area (TPSA) is 183 Å². The Morgan fingerprint density at radius 1 is 0.867 bits per heavy atom. The fourth-order valence-electron chi connectivity index (χ4n) is 4.89. The average molecular weight is 625 g/mol. The Morgan fingerprint density at radius 2 is 1.44 bits per heavy atom. The van der Waals surface area contributed by atoms with Gasteiger partial charge in [0.2, 0.25) is 0 Å². The first kappa shape index (κ1) is 34.5. The van der Waals surface area contributed by atoms with Crippen LogP contribution in [0.2, 0.25) is 0 Å². The lowest BCUT2D eigenvalue weighted by molar-refractivity contribution is -0.170. The summed E-state index contributed by atoms with van der Waals surface area (Å²) in [6.45, 7) is 3.63. The SMILES string of the molecule is CN(C)c1ccc(CN(CCCn2ccnc2)Cc2ccc3c(c2)n(C)c(=O)n3C)cc1.O=C(O)CC(O)(CC(=O)O)C(=O)O. The molecule has 0 fully saturated rings. The van der Waals surface area contributed by atoms with E-state index in [-0.39, 0.29) is 5.69 Å². The fraction of sp³-hybridized carbons (Fsp3) is 0.387. The van der Waals surface area contributed by atoms with Gasteiger partial charge in [0.15, 0.2) is 5.60 Å². The van der Waals surface area contributed by atoms with E-state index in [1.807, 2.05) is 32.8 Å². The third kappa shape index (κ3) is 9.52. The number of benzene rings is 2. The minimum Gasteiger partial charge on any atom is -0.481 e. The van der Waals surface area contributed by atoms with Gasteiger partial charge in [-0.2, -0.15) is 0 Å². The van der Waals surface area contributed by atoms with Gasteiger partial charge in [-0.15, -0.1) is 0 Å². The highest BCUT2D eigenvalue weighted by atomic mass is 16.4. The molecule has 14 nitrogen and oxygen atoms in total. The van der Waals surface area contributed by atoms with E-state index in [2.05, 4.69) is 75.9 Å². The average Bonchev–Trinajstić information content (AvgIpc) is 3.56. The number of anilines is 1. The van der Waals surface area contributed by atoms with Crippen LogP contribution in [0.15, 0.2) is 66.0 Å². The van der Waals surface area contributed by atoms with Gasteiger partial charge in [-0.05, 0) is 41.8 Å². The first-order valence-corrected chi connectivity index (χ1v) is 14.2. The molecule has 0 radical (unpaired) electrons. The zero-order chi connectivity index (χ0) is 33.3. The van der Waals surface area contributed by atoms with E-state index in [1.165, 1.54) is 16.8 Å². The van der Waals surface area contributed by atoms with E-state index in [0.29, 0.717) is 0 Å². The summed E-state index contributed by atoms with van der Waals surface area (Å²) < 4.78 is 5.55. The van der Waals surface area contributed by atoms with Crippen molar-refractivity contribution in [1.29, 1.82) is 0 Å². The fourth-order valence-corrected chi connectivity index (χ4v) is 4.89. The van der Waals surface area contributed by atoms with E-state index < -0.39 is 36.4 Å². The zero-order valence-electron chi connectivity index (χ0n) is 25.8. The molecular weight excluding hydrogens is 584 g/mol. The van der Waals surface area contributed by atoms with Crippen molar-refractivity contribution < 1.29 is 34.8 Å². The van der Waals surface area contributed by atoms with Crippen LogP contribution in [0, 0.1) is 0 Å². The van der Waals surface area contributed by atoms with Crippen molar-refractivity contribution in [2.75, 3.05) is 25.5 Å². The quantitative estimate of drug-likeness (QED) is 0.161. The molecule has 2 heterocycles. The van der Waals surface area contributed by atoms with E-state index in [4.69, 9.17) is 20.4 Å². The van der Waals surface area contributed by atoms with Crippen LogP contribution >= 0.6 is 0 Å². The number of fused-ring (bicyclic) bond motifs is 1. The molecule has 45 heavy (non-hydrogen) atoms. The smallest absolute Gasteiger partial charge is 0.336 e. The largest absolute Gasteiger partial charge is 0.481 e. The van der Waals surface area contributed by atoms with Crippen LogP contribution in [-0.4, -0.2) is 88.2 Å². The van der Waals surface area contributed by atoms with Gasteiger partial charge in [0.05, 0.1) is 30.2 Å². The number of nitrogens with zero attached hydrogens (tertiary/aromatic N) is 6. The van der Waals surface area contributed by atoms with E-state index in [0.717, 1.165) is 43.6 Å². The summed E-state index contributed by atoms with van der Waals surface area (Å²) in [7, 11) is 7.78. The molecule has 0 atom stereocenters. The monoisotopic (exact) mass is 624 g/mol. The van der Waals surface area contributed by atoms with Gasteiger partial charge in [0.25, 0.3) is 0 Å². The Labute approximate surface area is 260 Å². The van der Waals surface area contributed by atoms with Crippen LogP contribution in [0.4, 0.5) is 5.69 Å². The molecule has 4 N–H and O–H groups in total. The second-order valence-corrected chi connectivity index (χ2v) is 11.1. The minimum absolute atomic E-state index is 0.00956. The van der Waals surface area contributed by atoms with Crippen molar-refractivity contribution in [2.45, 2.75) is 44.5 Å². The molecule has 2 aromatic heterocycles. The maximum Gasteiger partial charge on any atom is 0.336 e. The Hall–Kier alpha value is -4.95. The molecule has 0 amide bonds. The van der Waals surface area contributed by atoms with Crippen LogP contribution in [-0.2, 0) is 48.1 Å². The maximum atomic E-state index is 12.3. The number of carbonyl (C=O) groups is 3. The van der Waals surface area contributed by atoms with Crippen LogP contribution in [0.3, 0.4) is 0 Å². The molecule has 0 aliphatic heterocycles. The van der Waals surface area contributed by atoms with Gasteiger partial charge in [-0.1, -0.05) is 18.2 Å². The summed E-state index contributed by atoms with van der Waals surface area (Å²) >= 11 is 0. The molecule has 0 bridgehead atoms. The van der Waals surface area contributed by atoms with Gasteiger partial charge in [-0.3, -0.25) is 23.6 Å². The second kappa shape index (κ2) is 15.2. The number of imidazole rings is 2. The van der Waals surface area contributed by atoms with Crippen molar-refractivity contribution in [2.24, 2.45) is 14.1 Å². The molecule has 0 unspecified atom stereocenters. The van der Waals surface area contributed by atoms with Crippen LogP contribution in [0.25, 0.3) is 11.0 Å². The standard InChI is InChI=1S/C25H32N6O.C6H8O7/c1-27(2)22-9-6-20(7-10-22)17-31(14-5-13-30-15-12-26-19-30)18-21-8-11-23-24(16-21)29(4)25(32)28(23)3;7-3(8)1-6(13,5(11)12)2-4(9)10/h6-12,15-16,19H,5,13-14,17-18H2,1-4H3;13H,1-2H2,(H,7,8)(H,9,10)(H,11,12). The Bertz CT molecular complexity index is 1640. The number of aliphatic hydroxyl groups is 1. The Kier molecular flexibility index (Phi) is 11.6. The number of hydrogen-bond acceptors (Lipinski definition) is 8.